The van der Waals surface area contributed by atoms with Gasteiger partial charge in [-0.25, -0.2) is 0 Å². The van der Waals surface area contributed by atoms with Crippen molar-refractivity contribution in [3.8, 4) is 0 Å². The first kappa shape index (κ1) is 15.8. The van der Waals surface area contributed by atoms with Crippen molar-refractivity contribution < 1.29 is 9.21 Å². The molecule has 0 atom stereocenters. The Kier molecular flexibility index (Phi) is 4.61. The van der Waals surface area contributed by atoms with Gasteiger partial charge in [-0.15, -0.1) is 0 Å². The van der Waals surface area contributed by atoms with E-state index in [-0.39, 0.29) is 17.2 Å². The van der Waals surface area contributed by atoms with Crippen molar-refractivity contribution in [1.82, 2.24) is 9.47 Å². The van der Waals surface area contributed by atoms with Crippen molar-refractivity contribution in [1.29, 1.82) is 0 Å². The molecule has 0 aliphatic rings. The van der Waals surface area contributed by atoms with Gasteiger partial charge in [-0.05, 0) is 23.8 Å². The van der Waals surface area contributed by atoms with Crippen molar-refractivity contribution >= 4 is 5.91 Å². The van der Waals surface area contributed by atoms with Crippen LogP contribution < -0.4 is 5.56 Å². The Labute approximate surface area is 139 Å². The zero-order chi connectivity index (χ0) is 16.9. The SMILES string of the molecule is CN(Cc1ccccc1)C(=O)c1ccc(Cn2ccccc2=O)o1. The fourth-order valence-corrected chi connectivity index (χ4v) is 2.45. The van der Waals surface area contributed by atoms with Crippen LogP contribution in [0.25, 0.3) is 0 Å². The van der Waals surface area contributed by atoms with E-state index >= 15 is 0 Å². The van der Waals surface area contributed by atoms with Crippen molar-refractivity contribution in [3.63, 3.8) is 0 Å². The van der Waals surface area contributed by atoms with E-state index in [4.69, 9.17) is 4.42 Å². The molecule has 0 aliphatic heterocycles. The largest absolute Gasteiger partial charge is 0.454 e. The normalized spacial score (nSPS) is 10.5. The maximum absolute atomic E-state index is 12.4. The third-order valence-corrected chi connectivity index (χ3v) is 3.71. The van der Waals surface area contributed by atoms with E-state index in [2.05, 4.69) is 0 Å². The molecule has 1 amide bonds. The summed E-state index contributed by atoms with van der Waals surface area (Å²) in [5, 5.41) is 0. The van der Waals surface area contributed by atoms with Crippen LogP contribution in [0.2, 0.25) is 0 Å². The Morgan fingerprint density at radius 1 is 1.04 bits per heavy atom. The predicted octanol–water partition coefficient (Wildman–Crippen LogP) is 2.76. The molecule has 2 aromatic heterocycles. The summed E-state index contributed by atoms with van der Waals surface area (Å²) in [5.74, 6) is 0.651. The molecule has 0 saturated carbocycles. The van der Waals surface area contributed by atoms with Crippen LogP contribution in [0.4, 0.5) is 0 Å². The van der Waals surface area contributed by atoms with Crippen LogP contribution in [0.15, 0.2) is 76.1 Å². The highest BCUT2D eigenvalue weighted by molar-refractivity contribution is 5.91. The molecular formula is C19H18N2O3. The molecule has 0 unspecified atom stereocenters. The molecule has 0 radical (unpaired) electrons. The van der Waals surface area contributed by atoms with Crippen LogP contribution in [0.3, 0.4) is 0 Å². The van der Waals surface area contributed by atoms with E-state index in [0.717, 1.165) is 5.56 Å². The molecule has 122 valence electrons. The molecule has 0 saturated heterocycles. The molecular weight excluding hydrogens is 304 g/mol. The highest BCUT2D eigenvalue weighted by Gasteiger charge is 2.16. The van der Waals surface area contributed by atoms with Gasteiger partial charge in [-0.3, -0.25) is 9.59 Å². The van der Waals surface area contributed by atoms with Crippen LogP contribution in [-0.4, -0.2) is 22.4 Å². The Balaban J connectivity index is 1.69. The molecule has 5 nitrogen and oxygen atoms in total. The molecule has 2 heterocycles. The zero-order valence-electron chi connectivity index (χ0n) is 13.4. The molecule has 0 N–H and O–H groups in total. The van der Waals surface area contributed by atoms with Crippen molar-refractivity contribution in [2.24, 2.45) is 0 Å². The summed E-state index contributed by atoms with van der Waals surface area (Å²) in [6.45, 7) is 0.809. The van der Waals surface area contributed by atoms with Crippen LogP contribution in [0, 0.1) is 0 Å². The van der Waals surface area contributed by atoms with E-state index < -0.39 is 0 Å². The number of hydrogen-bond acceptors (Lipinski definition) is 3. The van der Waals surface area contributed by atoms with Gasteiger partial charge in [0.05, 0.1) is 6.54 Å². The van der Waals surface area contributed by atoms with Crippen molar-refractivity contribution in [3.05, 3.63) is 94.3 Å². The third kappa shape index (κ3) is 3.63. The summed E-state index contributed by atoms with van der Waals surface area (Å²) in [6, 6.07) is 18.1. The summed E-state index contributed by atoms with van der Waals surface area (Å²) in [5.41, 5.74) is 0.943. The average molecular weight is 322 g/mol. The maximum atomic E-state index is 12.4. The first-order valence-electron chi connectivity index (χ1n) is 7.67. The highest BCUT2D eigenvalue weighted by Crippen LogP contribution is 2.13. The van der Waals surface area contributed by atoms with Gasteiger partial charge in [0, 0.05) is 25.9 Å². The quantitative estimate of drug-likeness (QED) is 0.726. The minimum atomic E-state index is -0.189. The van der Waals surface area contributed by atoms with Gasteiger partial charge >= 0.3 is 0 Å². The fourth-order valence-electron chi connectivity index (χ4n) is 2.45. The molecule has 1 aromatic carbocycles. The second-order valence-corrected chi connectivity index (χ2v) is 5.58. The highest BCUT2D eigenvalue weighted by atomic mass is 16.4. The van der Waals surface area contributed by atoms with E-state index in [9.17, 15) is 9.59 Å². The van der Waals surface area contributed by atoms with Crippen LogP contribution in [0.1, 0.15) is 21.9 Å². The molecule has 3 rings (SSSR count). The number of hydrogen-bond donors (Lipinski definition) is 0. The lowest BCUT2D eigenvalue weighted by molar-refractivity contribution is 0.0751. The lowest BCUT2D eigenvalue weighted by Crippen LogP contribution is -2.25. The summed E-state index contributed by atoms with van der Waals surface area (Å²) >= 11 is 0. The minimum Gasteiger partial charge on any atom is -0.454 e. The molecule has 0 aliphatic carbocycles. The molecule has 3 aromatic rings. The van der Waals surface area contributed by atoms with Gasteiger partial charge in [0.15, 0.2) is 5.76 Å². The van der Waals surface area contributed by atoms with Crippen LogP contribution in [-0.2, 0) is 13.1 Å². The lowest BCUT2D eigenvalue weighted by atomic mass is 10.2. The summed E-state index contributed by atoms with van der Waals surface area (Å²) < 4.78 is 7.14. The molecule has 24 heavy (non-hydrogen) atoms. The molecule has 0 fully saturated rings. The second-order valence-electron chi connectivity index (χ2n) is 5.58. The van der Waals surface area contributed by atoms with Crippen LogP contribution >= 0.6 is 0 Å². The number of amides is 1. The van der Waals surface area contributed by atoms with E-state index in [1.807, 2.05) is 30.3 Å². The van der Waals surface area contributed by atoms with Gasteiger partial charge in [-0.2, -0.15) is 0 Å². The Bertz CT molecular complexity index is 881. The van der Waals surface area contributed by atoms with Gasteiger partial charge in [0.25, 0.3) is 11.5 Å². The van der Waals surface area contributed by atoms with Gasteiger partial charge in [0.1, 0.15) is 5.76 Å². The van der Waals surface area contributed by atoms with Gasteiger partial charge in [-0.1, -0.05) is 36.4 Å². The molecule has 0 spiro atoms. The van der Waals surface area contributed by atoms with E-state index in [0.29, 0.717) is 18.8 Å². The number of nitrogens with zero attached hydrogens (tertiary/aromatic N) is 2. The Morgan fingerprint density at radius 2 is 1.79 bits per heavy atom. The smallest absolute Gasteiger partial charge is 0.289 e. The summed E-state index contributed by atoms with van der Waals surface area (Å²) in [7, 11) is 1.74. The first-order chi connectivity index (χ1) is 11.6. The monoisotopic (exact) mass is 322 g/mol. The Hall–Kier alpha value is -3.08. The minimum absolute atomic E-state index is 0.108. The number of benzene rings is 1. The maximum Gasteiger partial charge on any atom is 0.289 e. The summed E-state index contributed by atoms with van der Waals surface area (Å²) in [4.78, 5) is 25.8. The third-order valence-electron chi connectivity index (χ3n) is 3.71. The predicted molar refractivity (Wildman–Crippen MR) is 90.8 cm³/mol. The number of carbonyl (C=O) groups excluding carboxylic acids is 1. The van der Waals surface area contributed by atoms with Crippen LogP contribution in [0.5, 0.6) is 0 Å². The lowest BCUT2D eigenvalue weighted by Gasteiger charge is -2.15. The van der Waals surface area contributed by atoms with Crippen molar-refractivity contribution in [2.45, 2.75) is 13.1 Å². The molecule has 0 bridgehead atoms. The topological polar surface area (TPSA) is 55.5 Å². The number of carbonyl (C=O) groups is 1. The second kappa shape index (κ2) is 7.00. The first-order valence-corrected chi connectivity index (χ1v) is 7.67. The molecule has 5 heteroatoms. The van der Waals surface area contributed by atoms with Gasteiger partial charge < -0.3 is 13.9 Å². The fraction of sp³-hybridized carbons (Fsp3) is 0.158. The van der Waals surface area contributed by atoms with E-state index in [1.165, 1.54) is 10.6 Å². The van der Waals surface area contributed by atoms with E-state index in [1.54, 1.807) is 42.4 Å². The number of aromatic nitrogens is 1. The Morgan fingerprint density at radius 3 is 2.54 bits per heavy atom. The zero-order valence-corrected chi connectivity index (χ0v) is 13.4. The number of furan rings is 1. The number of pyridine rings is 1. The van der Waals surface area contributed by atoms with Crippen molar-refractivity contribution in [2.75, 3.05) is 7.05 Å². The number of rotatable bonds is 5. The summed E-state index contributed by atoms with van der Waals surface area (Å²) in [6.07, 6.45) is 1.69. The standard InChI is InChI=1S/C19H18N2O3/c1-20(13-15-7-3-2-4-8-15)19(23)17-11-10-16(24-17)14-21-12-6-5-9-18(21)22/h2-12H,13-14H2,1H3. The average Bonchev–Trinajstić information content (AvgIpc) is 3.05. The van der Waals surface area contributed by atoms with Gasteiger partial charge in [0.2, 0.25) is 0 Å².